The van der Waals surface area contributed by atoms with Crippen molar-refractivity contribution in [2.45, 2.75) is 51.5 Å². The smallest absolute Gasteiger partial charge is 0.242 e. The van der Waals surface area contributed by atoms with E-state index in [1.165, 1.54) is 4.31 Å². The van der Waals surface area contributed by atoms with Crippen LogP contribution in [0.3, 0.4) is 0 Å². The Labute approximate surface area is 207 Å². The molecule has 0 aliphatic carbocycles. The molecule has 0 fully saturated rings. The number of nitrogens with zero attached hydrogens (tertiary/aromatic N) is 6. The van der Waals surface area contributed by atoms with Gasteiger partial charge in [0.25, 0.3) is 0 Å². The van der Waals surface area contributed by atoms with Gasteiger partial charge in [-0.15, -0.1) is 0 Å². The standard InChI is InChI=1S/C26H32N6O2S/c1-5-22-8-9-23(30-29-22)16-19(2)13-15-31(4)35(33,34)24-10-6-21(7-11-24)18-32-20(3)28-25-17-27-14-12-26(25)32/h6-12,14,17,19H,5,13,15-16,18H2,1-4H3. The van der Waals surface area contributed by atoms with Gasteiger partial charge in [0, 0.05) is 26.3 Å². The van der Waals surface area contributed by atoms with Crippen molar-refractivity contribution in [1.82, 2.24) is 29.0 Å². The van der Waals surface area contributed by atoms with Crippen LogP contribution < -0.4 is 0 Å². The number of aromatic nitrogens is 5. The summed E-state index contributed by atoms with van der Waals surface area (Å²) in [6.45, 7) is 7.18. The normalized spacial score (nSPS) is 12.9. The molecule has 35 heavy (non-hydrogen) atoms. The molecule has 0 saturated heterocycles. The summed E-state index contributed by atoms with van der Waals surface area (Å²) in [7, 11) is -1.92. The number of hydrogen-bond donors (Lipinski definition) is 0. The Morgan fingerprint density at radius 2 is 1.74 bits per heavy atom. The highest BCUT2D eigenvalue weighted by Gasteiger charge is 2.21. The van der Waals surface area contributed by atoms with Crippen LogP contribution in [-0.2, 0) is 29.4 Å². The lowest BCUT2D eigenvalue weighted by molar-refractivity contribution is 0.411. The van der Waals surface area contributed by atoms with Gasteiger partial charge in [-0.1, -0.05) is 26.0 Å². The van der Waals surface area contributed by atoms with Crippen LogP contribution >= 0.6 is 0 Å². The summed E-state index contributed by atoms with van der Waals surface area (Å²) < 4.78 is 29.8. The van der Waals surface area contributed by atoms with E-state index < -0.39 is 10.0 Å². The largest absolute Gasteiger partial charge is 0.324 e. The number of rotatable bonds is 10. The van der Waals surface area contributed by atoms with Crippen molar-refractivity contribution in [3.05, 3.63) is 77.6 Å². The van der Waals surface area contributed by atoms with Crippen LogP contribution in [0.4, 0.5) is 0 Å². The van der Waals surface area contributed by atoms with Gasteiger partial charge in [0.2, 0.25) is 10.0 Å². The fourth-order valence-electron chi connectivity index (χ4n) is 4.10. The number of aryl methyl sites for hydroxylation is 2. The molecule has 184 valence electrons. The first-order valence-corrected chi connectivity index (χ1v) is 13.4. The van der Waals surface area contributed by atoms with E-state index in [9.17, 15) is 8.42 Å². The fourth-order valence-corrected chi connectivity index (χ4v) is 5.28. The predicted octanol–water partition coefficient (Wildman–Crippen LogP) is 4.03. The van der Waals surface area contributed by atoms with E-state index in [-0.39, 0.29) is 0 Å². The quantitative estimate of drug-likeness (QED) is 0.332. The second-order valence-electron chi connectivity index (χ2n) is 9.05. The molecule has 3 heterocycles. The molecule has 0 aliphatic heterocycles. The molecule has 1 atom stereocenters. The van der Waals surface area contributed by atoms with Gasteiger partial charge in [0.05, 0.1) is 28.0 Å². The van der Waals surface area contributed by atoms with Crippen molar-refractivity contribution in [1.29, 1.82) is 0 Å². The Bertz CT molecular complexity index is 1380. The number of sulfonamides is 1. The number of benzene rings is 1. The van der Waals surface area contributed by atoms with Gasteiger partial charge in [-0.3, -0.25) is 4.98 Å². The molecule has 0 amide bonds. The summed E-state index contributed by atoms with van der Waals surface area (Å²) in [6, 6.07) is 13.1. The van der Waals surface area contributed by atoms with Gasteiger partial charge in [-0.05, 0) is 68.0 Å². The second-order valence-corrected chi connectivity index (χ2v) is 11.1. The van der Waals surface area contributed by atoms with Gasteiger partial charge < -0.3 is 4.57 Å². The van der Waals surface area contributed by atoms with Crippen LogP contribution in [0.15, 0.2) is 59.8 Å². The fraction of sp³-hybridized carbons (Fsp3) is 0.385. The van der Waals surface area contributed by atoms with E-state index in [1.807, 2.05) is 37.3 Å². The Kier molecular flexibility index (Phi) is 7.57. The van der Waals surface area contributed by atoms with Crippen LogP contribution in [0.25, 0.3) is 11.0 Å². The number of hydrogen-bond acceptors (Lipinski definition) is 6. The highest BCUT2D eigenvalue weighted by molar-refractivity contribution is 7.89. The first-order chi connectivity index (χ1) is 16.8. The lowest BCUT2D eigenvalue weighted by Crippen LogP contribution is -2.29. The van der Waals surface area contributed by atoms with E-state index in [0.29, 0.717) is 23.9 Å². The summed E-state index contributed by atoms with van der Waals surface area (Å²) in [5.41, 5.74) is 4.78. The Morgan fingerprint density at radius 3 is 2.43 bits per heavy atom. The van der Waals surface area contributed by atoms with Crippen LogP contribution in [0.1, 0.15) is 43.0 Å². The maximum atomic E-state index is 13.1. The maximum Gasteiger partial charge on any atom is 0.242 e. The molecule has 1 unspecified atom stereocenters. The Morgan fingerprint density at radius 1 is 1.03 bits per heavy atom. The molecular weight excluding hydrogens is 460 g/mol. The van der Waals surface area contributed by atoms with Crippen LogP contribution in [0, 0.1) is 12.8 Å². The van der Waals surface area contributed by atoms with Crippen molar-refractivity contribution in [2.75, 3.05) is 13.6 Å². The molecular formula is C26H32N6O2S. The van der Waals surface area contributed by atoms with Crippen molar-refractivity contribution < 1.29 is 8.42 Å². The van der Waals surface area contributed by atoms with E-state index in [1.54, 1.807) is 31.6 Å². The minimum Gasteiger partial charge on any atom is -0.324 e. The topological polar surface area (TPSA) is 93.9 Å². The summed E-state index contributed by atoms with van der Waals surface area (Å²) in [5.74, 6) is 1.19. The number of imidazole rings is 1. The summed E-state index contributed by atoms with van der Waals surface area (Å²) >= 11 is 0. The summed E-state index contributed by atoms with van der Waals surface area (Å²) in [4.78, 5) is 8.98. The van der Waals surface area contributed by atoms with Gasteiger partial charge in [-0.2, -0.15) is 10.2 Å². The third-order valence-corrected chi connectivity index (χ3v) is 8.22. The van der Waals surface area contributed by atoms with Crippen molar-refractivity contribution in [3.63, 3.8) is 0 Å². The molecule has 4 rings (SSSR count). The highest BCUT2D eigenvalue weighted by atomic mass is 32.2. The Balaban J connectivity index is 1.37. The first-order valence-electron chi connectivity index (χ1n) is 11.9. The van der Waals surface area contributed by atoms with E-state index in [0.717, 1.165) is 53.1 Å². The zero-order chi connectivity index (χ0) is 25.0. The lowest BCUT2D eigenvalue weighted by Gasteiger charge is -2.19. The predicted molar refractivity (Wildman–Crippen MR) is 137 cm³/mol. The zero-order valence-corrected chi connectivity index (χ0v) is 21.5. The summed E-state index contributed by atoms with van der Waals surface area (Å²) in [5, 5.41) is 8.49. The average Bonchev–Trinajstić information content (AvgIpc) is 3.18. The molecule has 1 aromatic carbocycles. The van der Waals surface area contributed by atoms with Crippen LogP contribution in [0.2, 0.25) is 0 Å². The van der Waals surface area contributed by atoms with E-state index in [4.69, 9.17) is 0 Å². The number of pyridine rings is 1. The molecule has 0 saturated carbocycles. The van der Waals surface area contributed by atoms with Gasteiger partial charge in [-0.25, -0.2) is 17.7 Å². The van der Waals surface area contributed by atoms with Gasteiger partial charge >= 0.3 is 0 Å². The molecule has 8 nitrogen and oxygen atoms in total. The third-order valence-electron chi connectivity index (χ3n) is 6.35. The Hall–Kier alpha value is -3.17. The third kappa shape index (κ3) is 5.74. The molecule has 0 N–H and O–H groups in total. The molecule has 0 bridgehead atoms. The number of fused-ring (bicyclic) bond motifs is 1. The van der Waals surface area contributed by atoms with E-state index in [2.05, 4.69) is 38.6 Å². The average molecular weight is 493 g/mol. The molecule has 0 radical (unpaired) electrons. The zero-order valence-electron chi connectivity index (χ0n) is 20.7. The molecule has 3 aromatic heterocycles. The minimum absolute atomic E-state index is 0.292. The highest BCUT2D eigenvalue weighted by Crippen LogP contribution is 2.20. The monoisotopic (exact) mass is 492 g/mol. The van der Waals surface area contributed by atoms with Crippen molar-refractivity contribution in [2.24, 2.45) is 5.92 Å². The second kappa shape index (κ2) is 10.6. The molecule has 4 aromatic rings. The van der Waals surface area contributed by atoms with Crippen LogP contribution in [-0.4, -0.2) is 51.0 Å². The molecule has 0 spiro atoms. The molecule has 9 heteroatoms. The van der Waals surface area contributed by atoms with Crippen LogP contribution in [0.5, 0.6) is 0 Å². The minimum atomic E-state index is -3.56. The van der Waals surface area contributed by atoms with E-state index >= 15 is 0 Å². The SMILES string of the molecule is CCc1ccc(CC(C)CCN(C)S(=O)(=O)c2ccc(Cn3c(C)nc4cnccc43)cc2)nn1. The van der Waals surface area contributed by atoms with Gasteiger partial charge in [0.1, 0.15) is 11.3 Å². The van der Waals surface area contributed by atoms with Gasteiger partial charge in [0.15, 0.2) is 0 Å². The molecule has 0 aliphatic rings. The summed E-state index contributed by atoms with van der Waals surface area (Å²) in [6.07, 6.45) is 5.89. The lowest BCUT2D eigenvalue weighted by atomic mass is 10.0. The first kappa shape index (κ1) is 24.9. The van der Waals surface area contributed by atoms with Crippen molar-refractivity contribution >= 4 is 21.1 Å². The maximum absolute atomic E-state index is 13.1. The van der Waals surface area contributed by atoms with Crippen molar-refractivity contribution in [3.8, 4) is 0 Å².